The third-order valence-electron chi connectivity index (χ3n) is 4.07. The van der Waals surface area contributed by atoms with Crippen LogP contribution in [-0.2, 0) is 4.79 Å². The van der Waals surface area contributed by atoms with Gasteiger partial charge in [0, 0.05) is 34.2 Å². The van der Waals surface area contributed by atoms with E-state index in [0.29, 0.717) is 11.7 Å². The highest BCUT2D eigenvalue weighted by Crippen LogP contribution is 2.35. The molecule has 0 bridgehead atoms. The first-order valence-corrected chi connectivity index (χ1v) is 8.72. The minimum atomic E-state index is -0.562. The van der Waals surface area contributed by atoms with Gasteiger partial charge in [-0.05, 0) is 43.5 Å². The maximum absolute atomic E-state index is 12.0. The van der Waals surface area contributed by atoms with E-state index in [2.05, 4.69) is 16.7 Å². The van der Waals surface area contributed by atoms with E-state index in [1.54, 1.807) is 0 Å². The lowest BCUT2D eigenvalue weighted by Crippen LogP contribution is -2.39. The molecule has 0 aromatic heterocycles. The lowest BCUT2D eigenvalue weighted by atomic mass is 10.1. The van der Waals surface area contributed by atoms with Gasteiger partial charge < -0.3 is 10.6 Å². The molecule has 4 nitrogen and oxygen atoms in total. The van der Waals surface area contributed by atoms with Gasteiger partial charge in [-0.1, -0.05) is 11.6 Å². The summed E-state index contributed by atoms with van der Waals surface area (Å²) >= 11 is 7.71. The van der Waals surface area contributed by atoms with Crippen molar-refractivity contribution in [2.24, 2.45) is 0 Å². The number of nitrogens with one attached hydrogen (secondary N) is 2. The van der Waals surface area contributed by atoms with Crippen molar-refractivity contribution in [2.45, 2.75) is 47.4 Å². The quantitative estimate of drug-likeness (QED) is 0.868. The molecule has 1 amide bonds. The smallest absolute Gasteiger partial charge is 0.222 e. The SMILES string of the molecule is N#CC1(NC(=O)C[C@H]2C[C@@H](Sc3ccc(Cl)cc3)CN2)CC1. The van der Waals surface area contributed by atoms with Crippen LogP contribution in [0.1, 0.15) is 25.7 Å². The minimum absolute atomic E-state index is 0.0197. The normalized spacial score (nSPS) is 25.5. The van der Waals surface area contributed by atoms with E-state index in [9.17, 15) is 4.79 Å². The molecule has 1 saturated heterocycles. The van der Waals surface area contributed by atoms with Crippen LogP contribution in [0.25, 0.3) is 0 Å². The first kappa shape index (κ1) is 15.7. The number of carbonyl (C=O) groups is 1. The molecule has 1 aliphatic carbocycles. The summed E-state index contributed by atoms with van der Waals surface area (Å²) in [5, 5.41) is 16.5. The lowest BCUT2D eigenvalue weighted by Gasteiger charge is -2.13. The number of nitrogens with zero attached hydrogens (tertiary/aromatic N) is 1. The van der Waals surface area contributed by atoms with Gasteiger partial charge in [0.2, 0.25) is 5.91 Å². The van der Waals surface area contributed by atoms with Crippen LogP contribution < -0.4 is 10.6 Å². The number of hydrogen-bond donors (Lipinski definition) is 2. The highest BCUT2D eigenvalue weighted by molar-refractivity contribution is 8.00. The fourth-order valence-corrected chi connectivity index (χ4v) is 3.98. The number of benzene rings is 1. The van der Waals surface area contributed by atoms with E-state index in [1.807, 2.05) is 36.0 Å². The van der Waals surface area contributed by atoms with Gasteiger partial charge in [0.1, 0.15) is 5.54 Å². The lowest BCUT2D eigenvalue weighted by molar-refractivity contribution is -0.122. The summed E-state index contributed by atoms with van der Waals surface area (Å²) in [6, 6.07) is 10.2. The van der Waals surface area contributed by atoms with Gasteiger partial charge in [0.25, 0.3) is 0 Å². The molecular weight excluding hydrogens is 318 g/mol. The number of amides is 1. The summed E-state index contributed by atoms with van der Waals surface area (Å²) in [6.45, 7) is 0.897. The Morgan fingerprint density at radius 3 is 2.82 bits per heavy atom. The average molecular weight is 336 g/mol. The standard InChI is InChI=1S/C16H18ClN3OS/c17-11-1-3-13(4-2-11)22-14-7-12(19-9-14)8-15(21)20-16(10-18)5-6-16/h1-4,12,14,19H,5-9H2,(H,20,21)/t12-,14-/m1/s1. The molecule has 22 heavy (non-hydrogen) atoms. The van der Waals surface area contributed by atoms with Gasteiger partial charge in [-0.25, -0.2) is 0 Å². The van der Waals surface area contributed by atoms with Crippen LogP contribution in [0.5, 0.6) is 0 Å². The Morgan fingerprint density at radius 2 is 2.18 bits per heavy atom. The number of nitriles is 1. The highest BCUT2D eigenvalue weighted by Gasteiger charge is 2.44. The zero-order valence-corrected chi connectivity index (χ0v) is 13.7. The Morgan fingerprint density at radius 1 is 1.45 bits per heavy atom. The molecule has 1 saturated carbocycles. The van der Waals surface area contributed by atoms with Crippen molar-refractivity contribution in [3.05, 3.63) is 29.3 Å². The van der Waals surface area contributed by atoms with E-state index in [1.165, 1.54) is 4.90 Å². The van der Waals surface area contributed by atoms with Gasteiger partial charge in [-0.15, -0.1) is 11.8 Å². The Bertz CT molecular complexity index is 594. The van der Waals surface area contributed by atoms with E-state index >= 15 is 0 Å². The van der Waals surface area contributed by atoms with Crippen molar-refractivity contribution in [2.75, 3.05) is 6.54 Å². The van der Waals surface area contributed by atoms with Crippen LogP contribution in [0.15, 0.2) is 29.2 Å². The largest absolute Gasteiger partial charge is 0.338 e. The van der Waals surface area contributed by atoms with E-state index < -0.39 is 5.54 Å². The minimum Gasteiger partial charge on any atom is -0.338 e. The monoisotopic (exact) mass is 335 g/mol. The molecule has 0 radical (unpaired) electrons. The van der Waals surface area contributed by atoms with Crippen LogP contribution in [-0.4, -0.2) is 29.3 Å². The van der Waals surface area contributed by atoms with Crippen LogP contribution >= 0.6 is 23.4 Å². The molecule has 1 aliphatic heterocycles. The first-order chi connectivity index (χ1) is 10.6. The number of halogens is 1. The summed E-state index contributed by atoms with van der Waals surface area (Å²) in [5.74, 6) is -0.0197. The molecule has 1 aromatic rings. The second-order valence-electron chi connectivity index (χ2n) is 5.98. The molecule has 0 spiro atoms. The van der Waals surface area contributed by atoms with Crippen molar-refractivity contribution in [1.29, 1.82) is 5.26 Å². The third kappa shape index (κ3) is 3.95. The molecule has 116 valence electrons. The zero-order valence-electron chi connectivity index (χ0n) is 12.1. The fraction of sp³-hybridized carbons (Fsp3) is 0.500. The Labute approximate surface area is 139 Å². The topological polar surface area (TPSA) is 64.9 Å². The summed E-state index contributed by atoms with van der Waals surface area (Å²) < 4.78 is 0. The molecule has 2 aliphatic rings. The summed E-state index contributed by atoms with van der Waals surface area (Å²) in [5.41, 5.74) is -0.562. The van der Waals surface area contributed by atoms with Gasteiger partial charge in [-0.2, -0.15) is 5.26 Å². The van der Waals surface area contributed by atoms with Gasteiger partial charge in [-0.3, -0.25) is 4.79 Å². The highest BCUT2D eigenvalue weighted by atomic mass is 35.5. The third-order valence-corrected chi connectivity index (χ3v) is 5.56. The van der Waals surface area contributed by atoms with E-state index in [4.69, 9.17) is 16.9 Å². The predicted molar refractivity (Wildman–Crippen MR) is 87.8 cm³/mol. The molecular formula is C16H18ClN3OS. The van der Waals surface area contributed by atoms with Crippen LogP contribution in [0.3, 0.4) is 0 Å². The Balaban J connectivity index is 1.45. The molecule has 0 unspecified atom stereocenters. The van der Waals surface area contributed by atoms with Gasteiger partial charge in [0.05, 0.1) is 6.07 Å². The van der Waals surface area contributed by atoms with Crippen molar-refractivity contribution < 1.29 is 4.79 Å². The molecule has 2 N–H and O–H groups in total. The van der Waals surface area contributed by atoms with Crippen molar-refractivity contribution in [1.82, 2.24) is 10.6 Å². The molecule has 6 heteroatoms. The van der Waals surface area contributed by atoms with Crippen molar-refractivity contribution in [3.63, 3.8) is 0 Å². The Kier molecular flexibility index (Phi) is 4.62. The predicted octanol–water partition coefficient (Wildman–Crippen LogP) is 2.73. The van der Waals surface area contributed by atoms with Crippen LogP contribution in [0, 0.1) is 11.3 Å². The summed E-state index contributed by atoms with van der Waals surface area (Å²) in [4.78, 5) is 13.2. The number of hydrogen-bond acceptors (Lipinski definition) is 4. The van der Waals surface area contributed by atoms with Gasteiger partial charge in [0.15, 0.2) is 0 Å². The molecule has 3 rings (SSSR count). The maximum Gasteiger partial charge on any atom is 0.222 e. The van der Waals surface area contributed by atoms with Crippen LogP contribution in [0.2, 0.25) is 5.02 Å². The maximum atomic E-state index is 12.0. The van der Waals surface area contributed by atoms with E-state index in [0.717, 1.165) is 30.8 Å². The molecule has 2 fully saturated rings. The second kappa shape index (κ2) is 6.49. The number of rotatable bonds is 5. The first-order valence-electron chi connectivity index (χ1n) is 7.46. The summed E-state index contributed by atoms with van der Waals surface area (Å²) in [7, 11) is 0. The van der Waals surface area contributed by atoms with Crippen molar-refractivity contribution >= 4 is 29.3 Å². The second-order valence-corrected chi connectivity index (χ2v) is 7.79. The van der Waals surface area contributed by atoms with Gasteiger partial charge >= 0.3 is 0 Å². The van der Waals surface area contributed by atoms with E-state index in [-0.39, 0.29) is 11.9 Å². The summed E-state index contributed by atoms with van der Waals surface area (Å²) in [6.07, 6.45) is 2.96. The number of carbonyl (C=O) groups excluding carboxylic acids is 1. The zero-order chi connectivity index (χ0) is 15.6. The molecule has 2 atom stereocenters. The number of thioether (sulfide) groups is 1. The molecule has 1 aromatic carbocycles. The molecule has 1 heterocycles. The average Bonchev–Trinajstić information content (AvgIpc) is 3.14. The Hall–Kier alpha value is -1.22. The van der Waals surface area contributed by atoms with Crippen LogP contribution in [0.4, 0.5) is 0 Å². The fourth-order valence-electron chi connectivity index (χ4n) is 2.66. The van der Waals surface area contributed by atoms with Crippen molar-refractivity contribution in [3.8, 4) is 6.07 Å².